The van der Waals surface area contributed by atoms with Gasteiger partial charge in [-0.1, -0.05) is 30.0 Å². The summed E-state index contributed by atoms with van der Waals surface area (Å²) in [5.41, 5.74) is 1.85. The number of imidazole rings is 1. The number of hydrogen-bond acceptors (Lipinski definition) is 5. The van der Waals surface area contributed by atoms with Crippen LogP contribution in [0, 0.1) is 0 Å². The summed E-state index contributed by atoms with van der Waals surface area (Å²) < 4.78 is 7.18. The second kappa shape index (κ2) is 10.6. The fraction of sp³-hybridized carbons (Fsp3) is 0.389. The Kier molecular flexibility index (Phi) is 8.17. The molecule has 1 aromatic carbocycles. The normalized spacial score (nSPS) is 10.7. The molecule has 3 amide bonds. The lowest BCUT2D eigenvalue weighted by molar-refractivity contribution is -0.117. The van der Waals surface area contributed by atoms with Gasteiger partial charge in [-0.05, 0) is 25.5 Å². The van der Waals surface area contributed by atoms with Gasteiger partial charge in [0.15, 0.2) is 5.16 Å². The van der Waals surface area contributed by atoms with Crippen LogP contribution in [-0.4, -0.2) is 47.0 Å². The number of aromatic nitrogens is 2. The van der Waals surface area contributed by atoms with Crippen molar-refractivity contribution in [1.29, 1.82) is 0 Å². The Morgan fingerprint density at radius 1 is 1.38 bits per heavy atom. The molecular formula is C18H24N4O3S. The summed E-state index contributed by atoms with van der Waals surface area (Å²) in [4.78, 5) is 28.2. The van der Waals surface area contributed by atoms with Gasteiger partial charge in [0.2, 0.25) is 5.91 Å². The molecule has 1 aromatic heterocycles. The highest BCUT2D eigenvalue weighted by Crippen LogP contribution is 2.23. The molecule has 0 atom stereocenters. The van der Waals surface area contributed by atoms with Crippen LogP contribution in [0.5, 0.6) is 0 Å². The lowest BCUT2D eigenvalue weighted by Crippen LogP contribution is -2.40. The summed E-state index contributed by atoms with van der Waals surface area (Å²) in [5, 5.41) is 5.67. The molecular weight excluding hydrogens is 352 g/mol. The van der Waals surface area contributed by atoms with Crippen LogP contribution in [0.2, 0.25) is 0 Å². The molecule has 0 saturated carbocycles. The minimum absolute atomic E-state index is 0.104. The van der Waals surface area contributed by atoms with Crippen molar-refractivity contribution in [2.24, 2.45) is 0 Å². The number of ether oxygens (including phenoxy) is 1. The maximum absolute atomic E-state index is 12.0. The van der Waals surface area contributed by atoms with E-state index < -0.39 is 6.03 Å². The van der Waals surface area contributed by atoms with E-state index in [-0.39, 0.29) is 11.7 Å². The van der Waals surface area contributed by atoms with Gasteiger partial charge in [-0.25, -0.2) is 9.78 Å². The monoisotopic (exact) mass is 376 g/mol. The molecule has 0 aliphatic carbocycles. The van der Waals surface area contributed by atoms with Crippen molar-refractivity contribution < 1.29 is 14.3 Å². The van der Waals surface area contributed by atoms with E-state index in [2.05, 4.69) is 22.2 Å². The summed E-state index contributed by atoms with van der Waals surface area (Å²) in [6.07, 6.45) is 2.49. The quantitative estimate of drug-likeness (QED) is 0.378. The molecule has 2 N–H and O–H groups in total. The molecule has 0 bridgehead atoms. The molecule has 1 heterocycles. The second-order valence-electron chi connectivity index (χ2n) is 5.43. The third-order valence-corrected chi connectivity index (χ3v) is 4.45. The van der Waals surface area contributed by atoms with Gasteiger partial charge in [-0.15, -0.1) is 6.58 Å². The number of para-hydroxylation sites is 2. The van der Waals surface area contributed by atoms with Gasteiger partial charge in [0.25, 0.3) is 0 Å². The Bertz CT molecular complexity index is 760. The first-order chi connectivity index (χ1) is 12.7. The average Bonchev–Trinajstić information content (AvgIpc) is 2.98. The number of nitrogens with one attached hydrogen (secondary N) is 2. The number of fused-ring (bicyclic) bond motifs is 1. The molecule has 2 aromatic rings. The van der Waals surface area contributed by atoms with Gasteiger partial charge < -0.3 is 14.6 Å². The number of allylic oxidation sites excluding steroid dienone is 1. The van der Waals surface area contributed by atoms with Gasteiger partial charge in [0, 0.05) is 26.3 Å². The average molecular weight is 376 g/mol. The summed E-state index contributed by atoms with van der Waals surface area (Å²) >= 11 is 1.29. The van der Waals surface area contributed by atoms with Crippen LogP contribution in [0.15, 0.2) is 42.1 Å². The maximum atomic E-state index is 12.0. The van der Waals surface area contributed by atoms with Gasteiger partial charge >= 0.3 is 6.03 Å². The molecule has 0 aliphatic heterocycles. The zero-order valence-corrected chi connectivity index (χ0v) is 15.7. The third kappa shape index (κ3) is 5.89. The molecule has 140 valence electrons. The minimum Gasteiger partial charge on any atom is -0.382 e. The lowest BCUT2D eigenvalue weighted by Gasteiger charge is -2.08. The SMILES string of the molecule is C=CCn1c(SCC(=O)NC(=O)NCCCOCC)nc2ccccc21. The van der Waals surface area contributed by atoms with Gasteiger partial charge in [0.05, 0.1) is 16.8 Å². The smallest absolute Gasteiger partial charge is 0.321 e. The Morgan fingerprint density at radius 3 is 2.96 bits per heavy atom. The van der Waals surface area contributed by atoms with Crippen LogP contribution in [0.25, 0.3) is 11.0 Å². The number of carbonyl (C=O) groups excluding carboxylic acids is 2. The van der Waals surface area contributed by atoms with E-state index in [0.717, 1.165) is 16.2 Å². The number of hydrogen-bond donors (Lipinski definition) is 2. The largest absolute Gasteiger partial charge is 0.382 e. The topological polar surface area (TPSA) is 85.2 Å². The second-order valence-corrected chi connectivity index (χ2v) is 6.37. The van der Waals surface area contributed by atoms with E-state index in [0.29, 0.717) is 32.7 Å². The van der Waals surface area contributed by atoms with Crippen molar-refractivity contribution in [2.45, 2.75) is 25.0 Å². The zero-order valence-electron chi connectivity index (χ0n) is 14.9. The Labute approximate surface area is 157 Å². The van der Waals surface area contributed by atoms with Crippen molar-refractivity contribution in [3.63, 3.8) is 0 Å². The molecule has 0 radical (unpaired) electrons. The van der Waals surface area contributed by atoms with E-state index >= 15 is 0 Å². The summed E-state index contributed by atoms with van der Waals surface area (Å²) in [5.74, 6) is -0.262. The lowest BCUT2D eigenvalue weighted by atomic mass is 10.3. The van der Waals surface area contributed by atoms with E-state index in [4.69, 9.17) is 4.74 Å². The highest BCUT2D eigenvalue weighted by atomic mass is 32.2. The molecule has 0 saturated heterocycles. The summed E-state index contributed by atoms with van der Waals surface area (Å²) in [7, 11) is 0. The number of nitrogens with zero attached hydrogens (tertiary/aromatic N) is 2. The number of amides is 3. The highest BCUT2D eigenvalue weighted by molar-refractivity contribution is 7.99. The van der Waals surface area contributed by atoms with Gasteiger partial charge in [-0.3, -0.25) is 10.1 Å². The van der Waals surface area contributed by atoms with Crippen LogP contribution in [0.4, 0.5) is 4.79 Å². The Hall–Kier alpha value is -2.32. The van der Waals surface area contributed by atoms with Crippen molar-refractivity contribution in [3.8, 4) is 0 Å². The van der Waals surface area contributed by atoms with Crippen LogP contribution >= 0.6 is 11.8 Å². The number of rotatable bonds is 10. The molecule has 0 fully saturated rings. The van der Waals surface area contributed by atoms with Crippen molar-refractivity contribution >= 4 is 34.7 Å². The van der Waals surface area contributed by atoms with E-state index in [1.54, 1.807) is 6.08 Å². The first kappa shape index (κ1) is 20.0. The predicted molar refractivity (Wildman–Crippen MR) is 103 cm³/mol. The molecule has 26 heavy (non-hydrogen) atoms. The fourth-order valence-electron chi connectivity index (χ4n) is 2.33. The highest BCUT2D eigenvalue weighted by Gasteiger charge is 2.13. The summed E-state index contributed by atoms with van der Waals surface area (Å²) in [6.45, 7) is 7.98. The minimum atomic E-state index is -0.494. The van der Waals surface area contributed by atoms with E-state index in [9.17, 15) is 9.59 Å². The molecule has 0 spiro atoms. The number of thioether (sulfide) groups is 1. The predicted octanol–water partition coefficient (Wildman–Crippen LogP) is 2.57. The number of urea groups is 1. The molecule has 8 heteroatoms. The number of carbonyl (C=O) groups is 2. The fourth-order valence-corrected chi connectivity index (χ4v) is 3.15. The van der Waals surface area contributed by atoms with E-state index in [1.807, 2.05) is 35.8 Å². The zero-order chi connectivity index (χ0) is 18.8. The van der Waals surface area contributed by atoms with Crippen LogP contribution in [0.1, 0.15) is 13.3 Å². The first-order valence-corrected chi connectivity index (χ1v) is 9.48. The Morgan fingerprint density at radius 2 is 2.19 bits per heavy atom. The molecule has 7 nitrogen and oxygen atoms in total. The standard InChI is InChI=1S/C18H24N4O3S/c1-3-11-22-15-9-6-5-8-14(15)20-18(22)26-13-16(23)21-17(24)19-10-7-12-25-4-2/h3,5-6,8-9H,1,4,7,10-13H2,2H3,(H2,19,21,23,24). The van der Waals surface area contributed by atoms with Crippen LogP contribution in [-0.2, 0) is 16.1 Å². The van der Waals surface area contributed by atoms with Gasteiger partial charge in [-0.2, -0.15) is 0 Å². The molecule has 0 unspecified atom stereocenters. The molecule has 2 rings (SSSR count). The van der Waals surface area contributed by atoms with Crippen molar-refractivity contribution in [2.75, 3.05) is 25.5 Å². The molecule has 0 aliphatic rings. The van der Waals surface area contributed by atoms with Crippen LogP contribution in [0.3, 0.4) is 0 Å². The van der Waals surface area contributed by atoms with E-state index in [1.165, 1.54) is 11.8 Å². The maximum Gasteiger partial charge on any atom is 0.321 e. The van der Waals surface area contributed by atoms with Crippen molar-refractivity contribution in [1.82, 2.24) is 20.2 Å². The van der Waals surface area contributed by atoms with Crippen LogP contribution < -0.4 is 10.6 Å². The summed E-state index contributed by atoms with van der Waals surface area (Å²) in [6, 6.07) is 7.28. The number of imide groups is 1. The van der Waals surface area contributed by atoms with Crippen molar-refractivity contribution in [3.05, 3.63) is 36.9 Å². The number of benzene rings is 1. The first-order valence-electron chi connectivity index (χ1n) is 8.50. The Balaban J connectivity index is 1.83. The van der Waals surface area contributed by atoms with Gasteiger partial charge in [0.1, 0.15) is 0 Å². The third-order valence-electron chi connectivity index (χ3n) is 3.47.